The molecule has 1 aliphatic carbocycles. The van der Waals surface area contributed by atoms with Crippen molar-refractivity contribution in [3.8, 4) is 0 Å². The van der Waals surface area contributed by atoms with Crippen molar-refractivity contribution in [1.29, 1.82) is 0 Å². The summed E-state index contributed by atoms with van der Waals surface area (Å²) in [5.41, 5.74) is 6.55. The van der Waals surface area contributed by atoms with Gasteiger partial charge in [-0.25, -0.2) is 0 Å². The molecule has 1 saturated carbocycles. The van der Waals surface area contributed by atoms with E-state index in [1.807, 2.05) is 10.9 Å². The molecule has 1 aromatic heterocycles. The Morgan fingerprint density at radius 3 is 3.00 bits per heavy atom. The Balaban J connectivity index is 2.09. The molecule has 0 aromatic carbocycles. The Labute approximate surface area is 101 Å². The third kappa shape index (κ3) is 2.85. The minimum absolute atomic E-state index is 0.0417. The van der Waals surface area contributed by atoms with E-state index >= 15 is 0 Å². The van der Waals surface area contributed by atoms with E-state index in [1.54, 1.807) is 6.20 Å². The minimum Gasteiger partial charge on any atom is -0.481 e. The maximum absolute atomic E-state index is 10.6. The lowest BCUT2D eigenvalue weighted by Gasteiger charge is -2.30. The van der Waals surface area contributed by atoms with Gasteiger partial charge >= 0.3 is 5.97 Å². The average Bonchev–Trinajstić information content (AvgIpc) is 2.76. The van der Waals surface area contributed by atoms with Gasteiger partial charge in [-0.15, -0.1) is 0 Å². The summed E-state index contributed by atoms with van der Waals surface area (Å²) in [7, 11) is 0. The van der Waals surface area contributed by atoms with Crippen LogP contribution in [0.1, 0.15) is 37.3 Å². The smallest absolute Gasteiger partial charge is 0.307 e. The lowest BCUT2D eigenvalue weighted by atomic mass is 9.84. The lowest BCUT2D eigenvalue weighted by Crippen LogP contribution is -2.29. The fourth-order valence-corrected chi connectivity index (χ4v) is 2.64. The molecule has 0 amide bonds. The van der Waals surface area contributed by atoms with Crippen LogP contribution in [0.2, 0.25) is 0 Å². The molecular formula is C12H19N3O2. The van der Waals surface area contributed by atoms with E-state index in [1.165, 1.54) is 12.8 Å². The molecule has 0 spiro atoms. The fourth-order valence-electron chi connectivity index (χ4n) is 2.64. The van der Waals surface area contributed by atoms with Crippen LogP contribution in [0.5, 0.6) is 0 Å². The van der Waals surface area contributed by atoms with Crippen molar-refractivity contribution in [2.24, 2.45) is 11.7 Å². The zero-order valence-corrected chi connectivity index (χ0v) is 9.88. The Bertz CT molecular complexity index is 389. The molecule has 2 rings (SSSR count). The summed E-state index contributed by atoms with van der Waals surface area (Å²) in [6.07, 6.45) is 8.23. The van der Waals surface area contributed by atoms with E-state index in [0.717, 1.165) is 18.4 Å². The number of carbonyl (C=O) groups is 1. The summed E-state index contributed by atoms with van der Waals surface area (Å²) in [6.45, 7) is 0.679. The molecule has 2 atom stereocenters. The highest BCUT2D eigenvalue weighted by atomic mass is 16.4. The number of nitrogens with two attached hydrogens (primary N) is 1. The van der Waals surface area contributed by atoms with Crippen LogP contribution >= 0.6 is 0 Å². The predicted molar refractivity (Wildman–Crippen MR) is 63.6 cm³/mol. The Morgan fingerprint density at radius 1 is 1.53 bits per heavy atom. The molecule has 5 nitrogen and oxygen atoms in total. The second-order valence-electron chi connectivity index (χ2n) is 4.75. The molecule has 17 heavy (non-hydrogen) atoms. The summed E-state index contributed by atoms with van der Waals surface area (Å²) < 4.78 is 1.91. The topological polar surface area (TPSA) is 81.1 Å². The molecule has 0 saturated heterocycles. The highest BCUT2D eigenvalue weighted by molar-refractivity contribution is 5.69. The van der Waals surface area contributed by atoms with Gasteiger partial charge in [0, 0.05) is 11.8 Å². The maximum Gasteiger partial charge on any atom is 0.307 e. The minimum atomic E-state index is -0.816. The molecule has 2 unspecified atom stereocenters. The van der Waals surface area contributed by atoms with Crippen molar-refractivity contribution in [1.82, 2.24) is 9.78 Å². The number of nitrogens with zero attached hydrogens (tertiary/aromatic N) is 2. The monoisotopic (exact) mass is 237 g/mol. The van der Waals surface area contributed by atoms with E-state index < -0.39 is 5.97 Å². The Kier molecular flexibility index (Phi) is 3.78. The third-order valence-corrected chi connectivity index (χ3v) is 3.52. The van der Waals surface area contributed by atoms with Gasteiger partial charge in [0.2, 0.25) is 0 Å². The van der Waals surface area contributed by atoms with Gasteiger partial charge in [-0.3, -0.25) is 9.48 Å². The van der Waals surface area contributed by atoms with Crippen molar-refractivity contribution in [3.63, 3.8) is 0 Å². The van der Waals surface area contributed by atoms with Crippen molar-refractivity contribution >= 4 is 5.97 Å². The average molecular weight is 237 g/mol. The number of carboxylic acid groups (broad SMARTS) is 1. The highest BCUT2D eigenvalue weighted by Crippen LogP contribution is 2.32. The fraction of sp³-hybridized carbons (Fsp3) is 0.667. The van der Waals surface area contributed by atoms with Crippen LogP contribution in [0.4, 0.5) is 0 Å². The largest absolute Gasteiger partial charge is 0.481 e. The van der Waals surface area contributed by atoms with Gasteiger partial charge in [0.15, 0.2) is 0 Å². The standard InChI is InChI=1S/C12H19N3O2/c13-6-10-3-1-2-4-11(10)15-8-9(7-14-15)5-12(16)17/h7-8,10-11H,1-6,13H2,(H,16,17). The Morgan fingerprint density at radius 2 is 2.29 bits per heavy atom. The van der Waals surface area contributed by atoms with Crippen LogP contribution in [0.25, 0.3) is 0 Å². The zero-order chi connectivity index (χ0) is 12.3. The van der Waals surface area contributed by atoms with Gasteiger partial charge in [-0.1, -0.05) is 12.8 Å². The number of aromatic nitrogens is 2. The molecule has 0 aliphatic heterocycles. The molecule has 1 aromatic rings. The summed E-state index contributed by atoms with van der Waals surface area (Å²) in [5.74, 6) is -0.343. The molecule has 1 aliphatic rings. The molecule has 5 heteroatoms. The number of carboxylic acids is 1. The molecule has 0 bridgehead atoms. The van der Waals surface area contributed by atoms with Gasteiger partial charge in [0.05, 0.1) is 18.7 Å². The van der Waals surface area contributed by atoms with Crippen molar-refractivity contribution in [3.05, 3.63) is 18.0 Å². The quantitative estimate of drug-likeness (QED) is 0.824. The molecule has 1 heterocycles. The summed E-state index contributed by atoms with van der Waals surface area (Å²) in [5, 5.41) is 13.0. The van der Waals surface area contributed by atoms with Crippen molar-refractivity contribution in [2.45, 2.75) is 38.1 Å². The summed E-state index contributed by atoms with van der Waals surface area (Å²) >= 11 is 0. The Hall–Kier alpha value is -1.36. The van der Waals surface area contributed by atoms with Crippen LogP contribution in [-0.2, 0) is 11.2 Å². The molecule has 94 valence electrons. The van der Waals surface area contributed by atoms with Crippen LogP contribution in [0, 0.1) is 5.92 Å². The van der Waals surface area contributed by atoms with Crippen LogP contribution in [-0.4, -0.2) is 27.4 Å². The van der Waals surface area contributed by atoms with E-state index in [2.05, 4.69) is 5.10 Å². The number of hydrogen-bond donors (Lipinski definition) is 2. The first-order chi connectivity index (χ1) is 8.20. The summed E-state index contributed by atoms with van der Waals surface area (Å²) in [4.78, 5) is 10.6. The van der Waals surface area contributed by atoms with Crippen LogP contribution in [0.15, 0.2) is 12.4 Å². The van der Waals surface area contributed by atoms with Gasteiger partial charge in [-0.2, -0.15) is 5.10 Å². The number of hydrogen-bond acceptors (Lipinski definition) is 3. The van der Waals surface area contributed by atoms with Crippen LogP contribution in [0.3, 0.4) is 0 Å². The second-order valence-corrected chi connectivity index (χ2v) is 4.75. The first-order valence-electron chi connectivity index (χ1n) is 6.15. The van der Waals surface area contributed by atoms with E-state index in [-0.39, 0.29) is 6.42 Å². The van der Waals surface area contributed by atoms with E-state index in [0.29, 0.717) is 18.5 Å². The first-order valence-corrected chi connectivity index (χ1v) is 6.15. The number of rotatable bonds is 4. The zero-order valence-electron chi connectivity index (χ0n) is 9.88. The van der Waals surface area contributed by atoms with E-state index in [9.17, 15) is 4.79 Å². The van der Waals surface area contributed by atoms with Crippen molar-refractivity contribution < 1.29 is 9.90 Å². The highest BCUT2D eigenvalue weighted by Gasteiger charge is 2.26. The van der Waals surface area contributed by atoms with E-state index in [4.69, 9.17) is 10.8 Å². The number of aliphatic carboxylic acids is 1. The first kappa shape index (κ1) is 12.1. The van der Waals surface area contributed by atoms with Crippen molar-refractivity contribution in [2.75, 3.05) is 6.54 Å². The van der Waals surface area contributed by atoms with Gasteiger partial charge in [-0.05, 0) is 25.3 Å². The lowest BCUT2D eigenvalue weighted by molar-refractivity contribution is -0.136. The molecule has 0 radical (unpaired) electrons. The summed E-state index contributed by atoms with van der Waals surface area (Å²) in [6, 6.07) is 0.344. The van der Waals surface area contributed by atoms with Crippen LogP contribution < -0.4 is 5.73 Å². The molecule has 3 N–H and O–H groups in total. The maximum atomic E-state index is 10.6. The third-order valence-electron chi connectivity index (χ3n) is 3.52. The van der Waals surface area contributed by atoms with Gasteiger partial charge < -0.3 is 10.8 Å². The molecular weight excluding hydrogens is 218 g/mol. The van der Waals surface area contributed by atoms with Gasteiger partial charge in [0.1, 0.15) is 0 Å². The van der Waals surface area contributed by atoms with Gasteiger partial charge in [0.25, 0.3) is 0 Å². The normalized spacial score (nSPS) is 24.8. The second kappa shape index (κ2) is 5.31. The SMILES string of the molecule is NCC1CCCCC1n1cc(CC(=O)O)cn1. The molecule has 1 fully saturated rings. The predicted octanol–water partition coefficient (Wildman–Crippen LogP) is 1.20.